The predicted molar refractivity (Wildman–Crippen MR) is 54.1 cm³/mol. The molecule has 0 aliphatic carbocycles. The Labute approximate surface area is 79.8 Å². The Balaban J connectivity index is 2.59. The highest BCUT2D eigenvalue weighted by molar-refractivity contribution is 5.26. The van der Waals surface area contributed by atoms with E-state index in [0.717, 1.165) is 6.42 Å². The van der Waals surface area contributed by atoms with Crippen LogP contribution in [0, 0.1) is 0 Å². The van der Waals surface area contributed by atoms with Gasteiger partial charge >= 0.3 is 0 Å². The van der Waals surface area contributed by atoms with Crippen LogP contribution in [0.2, 0.25) is 0 Å². The summed E-state index contributed by atoms with van der Waals surface area (Å²) in [5.41, 5.74) is 1.28. The summed E-state index contributed by atoms with van der Waals surface area (Å²) in [5, 5.41) is 9.09. The molecule has 1 atom stereocenters. The molecule has 2 heteroatoms. The van der Waals surface area contributed by atoms with Gasteiger partial charge in [0.15, 0.2) is 0 Å². The zero-order valence-electron chi connectivity index (χ0n) is 8.54. The molecule has 0 fully saturated rings. The number of rotatable bonds is 3. The van der Waals surface area contributed by atoms with Gasteiger partial charge in [-0.1, -0.05) is 12.1 Å². The van der Waals surface area contributed by atoms with Crippen LogP contribution in [-0.4, -0.2) is 25.2 Å². The lowest BCUT2D eigenvalue weighted by Gasteiger charge is -2.16. The minimum absolute atomic E-state index is 0.341. The number of likely N-dealkylation sites (N-methyl/N-ethyl adjacent to an activating group) is 1. The van der Waals surface area contributed by atoms with Crippen LogP contribution in [0.5, 0.6) is 5.75 Å². The number of benzene rings is 1. The van der Waals surface area contributed by atoms with Crippen molar-refractivity contribution >= 4 is 0 Å². The van der Waals surface area contributed by atoms with Crippen molar-refractivity contribution in [1.82, 2.24) is 0 Å². The summed E-state index contributed by atoms with van der Waals surface area (Å²) in [6, 6.07) is 8.06. The fraction of sp³-hybridized carbons (Fsp3) is 0.455. The Hall–Kier alpha value is -1.02. The molecular weight excluding hydrogens is 162 g/mol. The van der Waals surface area contributed by atoms with Crippen molar-refractivity contribution in [1.29, 1.82) is 0 Å². The molecule has 0 amide bonds. The highest BCUT2D eigenvalue weighted by atomic mass is 16.3. The van der Waals surface area contributed by atoms with E-state index < -0.39 is 0 Å². The highest BCUT2D eigenvalue weighted by Crippen LogP contribution is 2.10. The monoisotopic (exact) mass is 180 g/mol. The molecule has 0 unspecified atom stereocenters. The van der Waals surface area contributed by atoms with Gasteiger partial charge in [0.05, 0.1) is 20.1 Å². The molecule has 0 aliphatic rings. The first-order valence-corrected chi connectivity index (χ1v) is 4.67. The zero-order chi connectivity index (χ0) is 9.84. The molecule has 13 heavy (non-hydrogen) atoms. The van der Waals surface area contributed by atoms with Gasteiger partial charge in [-0.2, -0.15) is 0 Å². The van der Waals surface area contributed by atoms with Crippen LogP contribution in [0.4, 0.5) is 0 Å². The predicted octanol–water partition coefficient (Wildman–Crippen LogP) is 0.468. The normalized spacial score (nSPS) is 13.2. The maximum atomic E-state index is 9.09. The minimum atomic E-state index is 0.341. The van der Waals surface area contributed by atoms with E-state index in [-0.39, 0.29) is 0 Å². The Morgan fingerprint density at radius 2 is 1.77 bits per heavy atom. The van der Waals surface area contributed by atoms with Gasteiger partial charge in [0.1, 0.15) is 5.75 Å². The van der Waals surface area contributed by atoms with E-state index in [1.54, 1.807) is 12.1 Å². The number of hydrogen-bond acceptors (Lipinski definition) is 1. The summed E-state index contributed by atoms with van der Waals surface area (Å²) in [6.45, 7) is 2.22. The van der Waals surface area contributed by atoms with Crippen LogP contribution in [0.15, 0.2) is 24.3 Å². The maximum Gasteiger partial charge on any atom is 0.115 e. The molecule has 72 valence electrons. The fourth-order valence-electron chi connectivity index (χ4n) is 1.19. The van der Waals surface area contributed by atoms with E-state index >= 15 is 0 Å². The summed E-state index contributed by atoms with van der Waals surface area (Å²) in [7, 11) is 4.32. The first-order chi connectivity index (χ1) is 6.09. The van der Waals surface area contributed by atoms with Crippen LogP contribution in [0.1, 0.15) is 12.5 Å². The Kier molecular flexibility index (Phi) is 3.32. The van der Waals surface area contributed by atoms with E-state index in [0.29, 0.717) is 11.8 Å². The number of phenols is 1. The lowest BCUT2D eigenvalue weighted by atomic mass is 10.1. The third-order valence-electron chi connectivity index (χ3n) is 2.46. The summed E-state index contributed by atoms with van der Waals surface area (Å²) >= 11 is 0. The van der Waals surface area contributed by atoms with Crippen LogP contribution in [0.3, 0.4) is 0 Å². The molecule has 0 aromatic heterocycles. The molecule has 2 nitrogen and oxygen atoms in total. The topological polar surface area (TPSA) is 24.7 Å². The molecule has 1 aromatic carbocycles. The van der Waals surface area contributed by atoms with Gasteiger partial charge in [0.2, 0.25) is 0 Å². The molecule has 0 saturated carbocycles. The SMILES string of the molecule is C[C@@H](Cc1ccc(O)cc1)[NH+](C)C. The van der Waals surface area contributed by atoms with Gasteiger partial charge in [-0.05, 0) is 24.6 Å². The Morgan fingerprint density at radius 1 is 1.23 bits per heavy atom. The quantitative estimate of drug-likeness (QED) is 0.694. The molecule has 2 N–H and O–H groups in total. The molecule has 1 aromatic rings. The second-order valence-corrected chi connectivity index (χ2v) is 3.85. The minimum Gasteiger partial charge on any atom is -0.508 e. The third-order valence-corrected chi connectivity index (χ3v) is 2.46. The molecule has 0 heterocycles. The number of aromatic hydroxyl groups is 1. The smallest absolute Gasteiger partial charge is 0.115 e. The number of hydrogen-bond donors (Lipinski definition) is 2. The third kappa shape index (κ3) is 3.07. The van der Waals surface area contributed by atoms with Gasteiger partial charge in [0.25, 0.3) is 0 Å². The van der Waals surface area contributed by atoms with Gasteiger partial charge in [0, 0.05) is 6.42 Å². The summed E-state index contributed by atoms with van der Waals surface area (Å²) in [6.07, 6.45) is 1.06. The zero-order valence-corrected chi connectivity index (χ0v) is 8.54. The molecule has 1 rings (SSSR count). The Morgan fingerprint density at radius 3 is 2.23 bits per heavy atom. The van der Waals surface area contributed by atoms with Gasteiger partial charge in [-0.25, -0.2) is 0 Å². The highest BCUT2D eigenvalue weighted by Gasteiger charge is 2.08. The van der Waals surface area contributed by atoms with E-state index in [2.05, 4.69) is 21.0 Å². The molecule has 0 aliphatic heterocycles. The van der Waals surface area contributed by atoms with Crippen LogP contribution in [0.25, 0.3) is 0 Å². The average Bonchev–Trinajstić information content (AvgIpc) is 2.08. The van der Waals surface area contributed by atoms with Crippen LogP contribution in [-0.2, 0) is 6.42 Å². The van der Waals surface area contributed by atoms with Gasteiger partial charge in [-0.3, -0.25) is 0 Å². The first kappa shape index (κ1) is 10.1. The number of quaternary nitrogens is 1. The van der Waals surface area contributed by atoms with Crippen molar-refractivity contribution < 1.29 is 10.0 Å². The lowest BCUT2D eigenvalue weighted by Crippen LogP contribution is -3.09. The molecular formula is C11H18NO+. The average molecular weight is 180 g/mol. The van der Waals surface area contributed by atoms with Crippen molar-refractivity contribution in [3.8, 4) is 5.75 Å². The van der Waals surface area contributed by atoms with E-state index in [4.69, 9.17) is 5.11 Å². The molecule has 0 bridgehead atoms. The summed E-state index contributed by atoms with van der Waals surface area (Å²) < 4.78 is 0. The molecule has 0 spiro atoms. The maximum absolute atomic E-state index is 9.09. The largest absolute Gasteiger partial charge is 0.508 e. The van der Waals surface area contributed by atoms with Crippen molar-refractivity contribution in [3.63, 3.8) is 0 Å². The van der Waals surface area contributed by atoms with Crippen molar-refractivity contribution in [3.05, 3.63) is 29.8 Å². The first-order valence-electron chi connectivity index (χ1n) is 4.67. The fourth-order valence-corrected chi connectivity index (χ4v) is 1.19. The van der Waals surface area contributed by atoms with Crippen molar-refractivity contribution in [2.75, 3.05) is 14.1 Å². The van der Waals surface area contributed by atoms with Gasteiger partial charge < -0.3 is 10.0 Å². The molecule has 0 radical (unpaired) electrons. The lowest BCUT2D eigenvalue weighted by molar-refractivity contribution is -0.883. The van der Waals surface area contributed by atoms with Crippen molar-refractivity contribution in [2.24, 2.45) is 0 Å². The van der Waals surface area contributed by atoms with Gasteiger partial charge in [-0.15, -0.1) is 0 Å². The molecule has 0 saturated heterocycles. The summed E-state index contributed by atoms with van der Waals surface area (Å²) in [5.74, 6) is 0.341. The second-order valence-electron chi connectivity index (χ2n) is 3.85. The van der Waals surface area contributed by atoms with Crippen LogP contribution < -0.4 is 4.90 Å². The number of nitrogens with one attached hydrogen (secondary N) is 1. The van der Waals surface area contributed by atoms with E-state index in [9.17, 15) is 0 Å². The summed E-state index contributed by atoms with van der Waals surface area (Å²) in [4.78, 5) is 1.45. The second kappa shape index (κ2) is 4.28. The standard InChI is InChI=1S/C11H17NO/c1-9(12(2)3)8-10-4-6-11(13)7-5-10/h4-7,9,13H,8H2,1-3H3/p+1/t9-/m0/s1. The van der Waals surface area contributed by atoms with E-state index in [1.165, 1.54) is 10.5 Å². The van der Waals surface area contributed by atoms with Crippen molar-refractivity contribution in [2.45, 2.75) is 19.4 Å². The van der Waals surface area contributed by atoms with Crippen LogP contribution >= 0.6 is 0 Å². The number of phenolic OH excluding ortho intramolecular Hbond substituents is 1. The van der Waals surface area contributed by atoms with E-state index in [1.807, 2.05) is 12.1 Å². The Bertz CT molecular complexity index is 253.